The molecule has 136 valence electrons. The van der Waals surface area contributed by atoms with Crippen molar-refractivity contribution in [2.24, 2.45) is 0 Å². The monoisotopic (exact) mass is 361 g/mol. The largest absolute Gasteiger partial charge is 0.323 e. The van der Waals surface area contributed by atoms with Gasteiger partial charge in [0.15, 0.2) is 0 Å². The molecule has 2 aromatic carbocycles. The topological polar surface area (TPSA) is 57.8 Å². The lowest BCUT2D eigenvalue weighted by molar-refractivity contribution is 0.102. The Morgan fingerprint density at radius 1 is 1.11 bits per heavy atom. The Hall–Kier alpha value is -3.39. The zero-order chi connectivity index (χ0) is 19.6. The number of hydrogen-bond donors (Lipinski definition) is 1. The van der Waals surface area contributed by atoms with Crippen LogP contribution < -0.4 is 5.32 Å². The third-order valence-corrected chi connectivity index (χ3v) is 4.89. The molecule has 3 rings (SSSR count). The van der Waals surface area contributed by atoms with Gasteiger partial charge in [-0.05, 0) is 44.0 Å². The number of hydrogen-bond acceptors (Lipinski definition) is 2. The molecule has 27 heavy (non-hydrogen) atoms. The second kappa shape index (κ2) is 7.46. The van der Waals surface area contributed by atoms with Crippen LogP contribution in [-0.4, -0.2) is 10.5 Å². The Bertz CT molecular complexity index is 1030. The number of nitrogens with one attached hydrogen (secondary N) is 1. The van der Waals surface area contributed by atoms with Gasteiger partial charge in [-0.15, -0.1) is 0 Å². The number of aromatic nitrogens is 1. The smallest absolute Gasteiger partial charge is 0.259 e. The van der Waals surface area contributed by atoms with Gasteiger partial charge in [0, 0.05) is 5.69 Å². The number of nitrogens with zero attached hydrogens (tertiary/aromatic N) is 2. The van der Waals surface area contributed by atoms with E-state index >= 15 is 0 Å². The number of benzene rings is 2. The summed E-state index contributed by atoms with van der Waals surface area (Å²) >= 11 is 0. The lowest BCUT2D eigenvalue weighted by Gasteiger charge is -2.21. The summed E-state index contributed by atoms with van der Waals surface area (Å²) in [6, 6.07) is 17.7. The van der Waals surface area contributed by atoms with Crippen LogP contribution in [0, 0.1) is 31.0 Å². The first kappa shape index (κ1) is 18.4. The van der Waals surface area contributed by atoms with E-state index in [9.17, 15) is 14.4 Å². The normalized spacial score (nSPS) is 11.7. The highest BCUT2D eigenvalue weighted by Gasteiger charge is 2.24. The highest BCUT2D eigenvalue weighted by atomic mass is 19.1. The van der Waals surface area contributed by atoms with Crippen LogP contribution in [0.1, 0.15) is 45.7 Å². The van der Waals surface area contributed by atoms with Gasteiger partial charge < -0.3 is 9.88 Å². The summed E-state index contributed by atoms with van der Waals surface area (Å²) in [6.07, 6.45) is 0. The Morgan fingerprint density at radius 2 is 1.74 bits per heavy atom. The van der Waals surface area contributed by atoms with Crippen LogP contribution in [0.25, 0.3) is 0 Å². The summed E-state index contributed by atoms with van der Waals surface area (Å²) in [5, 5.41) is 12.4. The SMILES string of the molecule is Cc1c(C#N)c(NC(=O)c2ccccc2F)n(C(C)c2ccccc2)c1C. The molecule has 1 heterocycles. The maximum Gasteiger partial charge on any atom is 0.259 e. The highest BCUT2D eigenvalue weighted by molar-refractivity contribution is 6.04. The van der Waals surface area contributed by atoms with E-state index in [-0.39, 0.29) is 11.6 Å². The van der Waals surface area contributed by atoms with Crippen LogP contribution in [-0.2, 0) is 0 Å². The second-order valence-electron chi connectivity index (χ2n) is 6.44. The molecule has 0 fully saturated rings. The highest BCUT2D eigenvalue weighted by Crippen LogP contribution is 2.33. The van der Waals surface area contributed by atoms with E-state index in [2.05, 4.69) is 11.4 Å². The third kappa shape index (κ3) is 3.34. The van der Waals surface area contributed by atoms with Crippen molar-refractivity contribution in [3.8, 4) is 6.07 Å². The molecule has 0 aliphatic carbocycles. The van der Waals surface area contributed by atoms with Crippen LogP contribution >= 0.6 is 0 Å². The zero-order valence-corrected chi connectivity index (χ0v) is 15.5. The van der Waals surface area contributed by atoms with E-state index < -0.39 is 11.7 Å². The van der Waals surface area contributed by atoms with E-state index in [1.54, 1.807) is 6.07 Å². The predicted octanol–water partition coefficient (Wildman–Crippen LogP) is 4.98. The standard InChI is InChI=1S/C22H20FN3O/c1-14-15(2)26(16(3)17-9-5-4-6-10-17)21(19(14)13-24)25-22(27)18-11-7-8-12-20(18)23/h4-12,16H,1-3H3,(H,25,27). The number of carbonyl (C=O) groups is 1. The molecule has 1 unspecified atom stereocenters. The van der Waals surface area contributed by atoms with Crippen LogP contribution in [0.15, 0.2) is 54.6 Å². The van der Waals surface area contributed by atoms with E-state index in [0.29, 0.717) is 11.4 Å². The van der Waals surface area contributed by atoms with Crippen molar-refractivity contribution in [2.75, 3.05) is 5.32 Å². The summed E-state index contributed by atoms with van der Waals surface area (Å²) in [5.41, 5.74) is 3.05. The van der Waals surface area contributed by atoms with E-state index in [0.717, 1.165) is 16.8 Å². The van der Waals surface area contributed by atoms with Crippen molar-refractivity contribution < 1.29 is 9.18 Å². The molecular weight excluding hydrogens is 341 g/mol. The van der Waals surface area contributed by atoms with Crippen molar-refractivity contribution >= 4 is 11.7 Å². The number of nitriles is 1. The van der Waals surface area contributed by atoms with E-state index in [1.165, 1.54) is 18.2 Å². The van der Waals surface area contributed by atoms with Crippen molar-refractivity contribution in [3.05, 3.63) is 88.4 Å². The summed E-state index contributed by atoms with van der Waals surface area (Å²) in [4.78, 5) is 12.7. The number of rotatable bonds is 4. The zero-order valence-electron chi connectivity index (χ0n) is 15.5. The molecule has 1 N–H and O–H groups in total. The third-order valence-electron chi connectivity index (χ3n) is 4.89. The van der Waals surface area contributed by atoms with Crippen LogP contribution in [0.4, 0.5) is 10.2 Å². The summed E-state index contributed by atoms with van der Waals surface area (Å²) in [5.74, 6) is -0.795. The van der Waals surface area contributed by atoms with Crippen LogP contribution in [0.2, 0.25) is 0 Å². The second-order valence-corrected chi connectivity index (χ2v) is 6.44. The van der Waals surface area contributed by atoms with E-state index in [1.807, 2.05) is 55.7 Å². The van der Waals surface area contributed by atoms with Crippen LogP contribution in [0.3, 0.4) is 0 Å². The number of carbonyl (C=O) groups excluding carboxylic acids is 1. The number of amides is 1. The summed E-state index contributed by atoms with van der Waals surface area (Å²) in [7, 11) is 0. The average Bonchev–Trinajstić information content (AvgIpc) is 2.91. The fraction of sp³-hybridized carbons (Fsp3) is 0.182. The lowest BCUT2D eigenvalue weighted by atomic mass is 10.1. The minimum atomic E-state index is -0.601. The number of halogens is 1. The average molecular weight is 361 g/mol. The molecular formula is C22H20FN3O. The Kier molecular flexibility index (Phi) is 5.09. The Balaban J connectivity index is 2.09. The lowest BCUT2D eigenvalue weighted by Crippen LogP contribution is -2.19. The minimum absolute atomic E-state index is 0.0585. The van der Waals surface area contributed by atoms with Crippen molar-refractivity contribution in [1.82, 2.24) is 4.57 Å². The van der Waals surface area contributed by atoms with Crippen molar-refractivity contribution in [3.63, 3.8) is 0 Å². The van der Waals surface area contributed by atoms with Crippen LogP contribution in [0.5, 0.6) is 0 Å². The van der Waals surface area contributed by atoms with Crippen molar-refractivity contribution in [2.45, 2.75) is 26.8 Å². The quantitative estimate of drug-likeness (QED) is 0.713. The minimum Gasteiger partial charge on any atom is -0.323 e. The Morgan fingerprint density at radius 3 is 2.37 bits per heavy atom. The van der Waals surface area contributed by atoms with Crippen molar-refractivity contribution in [1.29, 1.82) is 5.26 Å². The molecule has 0 aliphatic heterocycles. The summed E-state index contributed by atoms with van der Waals surface area (Å²) < 4.78 is 15.9. The van der Waals surface area contributed by atoms with Gasteiger partial charge in [-0.2, -0.15) is 5.26 Å². The molecule has 0 radical (unpaired) electrons. The Labute approximate surface area is 157 Å². The first-order valence-electron chi connectivity index (χ1n) is 8.68. The van der Waals surface area contributed by atoms with Gasteiger partial charge in [0.2, 0.25) is 0 Å². The molecule has 3 aromatic rings. The van der Waals surface area contributed by atoms with Gasteiger partial charge in [0.25, 0.3) is 5.91 Å². The molecule has 4 nitrogen and oxygen atoms in total. The van der Waals surface area contributed by atoms with Gasteiger partial charge in [-0.3, -0.25) is 4.79 Å². The first-order valence-corrected chi connectivity index (χ1v) is 8.68. The molecule has 0 spiro atoms. The molecule has 5 heteroatoms. The number of anilines is 1. The molecule has 0 bridgehead atoms. The first-order chi connectivity index (χ1) is 13.0. The van der Waals surface area contributed by atoms with Gasteiger partial charge in [0.05, 0.1) is 17.2 Å². The predicted molar refractivity (Wildman–Crippen MR) is 103 cm³/mol. The molecule has 1 aromatic heterocycles. The fourth-order valence-corrected chi connectivity index (χ4v) is 3.27. The van der Waals surface area contributed by atoms with Gasteiger partial charge in [-0.25, -0.2) is 4.39 Å². The molecule has 1 atom stereocenters. The van der Waals surface area contributed by atoms with Gasteiger partial charge in [-0.1, -0.05) is 42.5 Å². The molecule has 0 saturated heterocycles. The maximum absolute atomic E-state index is 14.0. The molecule has 0 aliphatic rings. The molecule has 1 amide bonds. The van der Waals surface area contributed by atoms with Gasteiger partial charge >= 0.3 is 0 Å². The fourth-order valence-electron chi connectivity index (χ4n) is 3.27. The van der Waals surface area contributed by atoms with Gasteiger partial charge in [0.1, 0.15) is 17.7 Å². The summed E-state index contributed by atoms with van der Waals surface area (Å²) in [6.45, 7) is 5.76. The maximum atomic E-state index is 14.0. The van der Waals surface area contributed by atoms with E-state index in [4.69, 9.17) is 0 Å². The molecule has 0 saturated carbocycles.